The van der Waals surface area contributed by atoms with Gasteiger partial charge >= 0.3 is 11.9 Å². The van der Waals surface area contributed by atoms with Gasteiger partial charge in [-0.05, 0) is 90.9 Å². The van der Waals surface area contributed by atoms with E-state index in [-0.39, 0.29) is 5.91 Å². The molecule has 12 nitrogen and oxygen atoms in total. The van der Waals surface area contributed by atoms with Crippen molar-refractivity contribution in [1.82, 2.24) is 24.8 Å². The highest BCUT2D eigenvalue weighted by atomic mass is 35.5. The van der Waals surface area contributed by atoms with Gasteiger partial charge in [0.1, 0.15) is 5.15 Å². The Kier molecular flexibility index (Phi) is 10.4. The number of carboxylic acids is 2. The van der Waals surface area contributed by atoms with Crippen molar-refractivity contribution in [1.29, 1.82) is 0 Å². The number of nitrogens with zero attached hydrogens (tertiary/aromatic N) is 5. The normalized spacial score (nSPS) is 15.4. The van der Waals surface area contributed by atoms with Crippen molar-refractivity contribution >= 4 is 29.4 Å². The smallest absolute Gasteiger partial charge is 0.310 e. The first-order valence-electron chi connectivity index (χ1n) is 17.7. The minimum Gasteiger partial charge on any atom is -0.481 e. The van der Waals surface area contributed by atoms with Crippen molar-refractivity contribution in [2.24, 2.45) is 10.8 Å². The molecule has 0 bridgehead atoms. The van der Waals surface area contributed by atoms with E-state index in [9.17, 15) is 24.6 Å². The molecule has 55 heavy (non-hydrogen) atoms. The molecule has 0 spiro atoms. The van der Waals surface area contributed by atoms with E-state index in [1.807, 2.05) is 69.3 Å². The van der Waals surface area contributed by atoms with Gasteiger partial charge in [0.05, 0.1) is 16.5 Å². The van der Waals surface area contributed by atoms with Crippen LogP contribution in [0.5, 0.6) is 23.5 Å². The number of aryl methyl sites for hydroxylation is 2. The highest BCUT2D eigenvalue weighted by Crippen LogP contribution is 2.52. The van der Waals surface area contributed by atoms with Crippen molar-refractivity contribution in [2.45, 2.75) is 60.3 Å². The molecule has 0 fully saturated rings. The molecule has 1 aromatic carbocycles. The second-order valence-corrected chi connectivity index (χ2v) is 15.2. The number of pyridine rings is 4. The van der Waals surface area contributed by atoms with Gasteiger partial charge in [0.25, 0.3) is 5.91 Å². The van der Waals surface area contributed by atoms with E-state index in [1.54, 1.807) is 63.9 Å². The largest absolute Gasteiger partial charge is 0.481 e. The fraction of sp³-hybridized carbons (Fsp3) is 0.310. The lowest BCUT2D eigenvalue weighted by molar-refractivity contribution is -0.148. The SMILES string of the molecule is CCN(C)C(=O)c1ccc(-c2ccc3c(n2)Oc2nc(C)ccc2C3C(C)(C)C(=O)O)cc1.Cc1ccc2c(n1)Oc1nc(Cl)ccc1C2C(C)(C)C(=O)O. The number of amides is 1. The number of hydrogen-bond acceptors (Lipinski definition) is 9. The van der Waals surface area contributed by atoms with Crippen LogP contribution in [0.15, 0.2) is 72.8 Å². The van der Waals surface area contributed by atoms with E-state index in [1.165, 1.54) is 0 Å². The summed E-state index contributed by atoms with van der Waals surface area (Å²) in [6.45, 7) is 13.1. The Labute approximate surface area is 324 Å². The zero-order valence-electron chi connectivity index (χ0n) is 31.8. The fourth-order valence-electron chi connectivity index (χ4n) is 6.80. The molecule has 1 amide bonds. The van der Waals surface area contributed by atoms with Crippen molar-refractivity contribution in [3.05, 3.63) is 117 Å². The number of rotatable bonds is 7. The van der Waals surface area contributed by atoms with Crippen molar-refractivity contribution < 1.29 is 34.1 Å². The molecule has 0 saturated carbocycles. The molecule has 0 radical (unpaired) electrons. The molecule has 284 valence electrons. The number of benzene rings is 1. The summed E-state index contributed by atoms with van der Waals surface area (Å²) in [7, 11) is 1.77. The minimum atomic E-state index is -1.10. The topological polar surface area (TPSA) is 165 Å². The van der Waals surface area contributed by atoms with Crippen LogP contribution >= 0.6 is 11.6 Å². The third-order valence-corrected chi connectivity index (χ3v) is 10.4. The van der Waals surface area contributed by atoms with Crippen LogP contribution in [0.3, 0.4) is 0 Å². The van der Waals surface area contributed by atoms with E-state index in [2.05, 4.69) is 15.0 Å². The van der Waals surface area contributed by atoms with Gasteiger partial charge < -0.3 is 24.6 Å². The highest BCUT2D eigenvalue weighted by Gasteiger charge is 2.46. The van der Waals surface area contributed by atoms with E-state index in [0.717, 1.165) is 28.1 Å². The molecule has 0 aliphatic carbocycles. The number of carbonyl (C=O) groups excluding carboxylic acids is 1. The number of carboxylic acid groups (broad SMARTS) is 2. The Hall–Kier alpha value is -5.88. The fourth-order valence-corrected chi connectivity index (χ4v) is 6.94. The summed E-state index contributed by atoms with van der Waals surface area (Å²) in [5.74, 6) is -1.28. The molecule has 2 unspecified atom stereocenters. The number of carbonyl (C=O) groups is 3. The van der Waals surface area contributed by atoms with Crippen LogP contribution in [0.4, 0.5) is 0 Å². The summed E-state index contributed by atoms with van der Waals surface area (Å²) < 4.78 is 11.8. The van der Waals surface area contributed by atoms with Crippen molar-refractivity contribution in [3.63, 3.8) is 0 Å². The number of aliphatic carboxylic acids is 2. The zero-order valence-corrected chi connectivity index (χ0v) is 32.6. The highest BCUT2D eigenvalue weighted by molar-refractivity contribution is 6.29. The van der Waals surface area contributed by atoms with Gasteiger partial charge in [-0.25, -0.2) is 19.9 Å². The lowest BCUT2D eigenvalue weighted by Crippen LogP contribution is -2.34. The van der Waals surface area contributed by atoms with Crippen LogP contribution in [0.2, 0.25) is 5.15 Å². The van der Waals surface area contributed by atoms with Crippen LogP contribution in [0, 0.1) is 24.7 Å². The van der Waals surface area contributed by atoms with Crippen molar-refractivity contribution in [2.75, 3.05) is 13.6 Å². The number of fused-ring (bicyclic) bond motifs is 4. The average Bonchev–Trinajstić information content (AvgIpc) is 3.15. The van der Waals surface area contributed by atoms with Crippen LogP contribution in [0.1, 0.15) is 90.5 Å². The zero-order chi connectivity index (χ0) is 40.0. The second kappa shape index (κ2) is 14.7. The average molecular weight is 764 g/mol. The Morgan fingerprint density at radius 3 is 1.53 bits per heavy atom. The van der Waals surface area contributed by atoms with Gasteiger partial charge in [-0.1, -0.05) is 41.9 Å². The Morgan fingerprint density at radius 1 is 0.655 bits per heavy atom. The summed E-state index contributed by atoms with van der Waals surface area (Å²) in [6.07, 6.45) is 0. The molecular formula is C42H42ClN5O7. The number of aromatic nitrogens is 4. The molecule has 2 aliphatic heterocycles. The molecule has 2 atom stereocenters. The lowest BCUT2D eigenvalue weighted by atomic mass is 9.71. The summed E-state index contributed by atoms with van der Waals surface area (Å²) in [5.41, 5.74) is 4.42. The van der Waals surface area contributed by atoms with Crippen molar-refractivity contribution in [3.8, 4) is 34.8 Å². The molecule has 2 N–H and O–H groups in total. The predicted molar refractivity (Wildman–Crippen MR) is 206 cm³/mol. The Balaban J connectivity index is 0.000000203. The first-order valence-corrected chi connectivity index (χ1v) is 18.1. The Bertz CT molecular complexity index is 2280. The number of hydrogen-bond donors (Lipinski definition) is 2. The third kappa shape index (κ3) is 7.34. The first-order chi connectivity index (χ1) is 25.9. The van der Waals surface area contributed by atoms with E-state index < -0.39 is 34.6 Å². The van der Waals surface area contributed by atoms with Crippen LogP contribution < -0.4 is 9.47 Å². The molecule has 5 aromatic rings. The van der Waals surface area contributed by atoms with Gasteiger partial charge in [0.15, 0.2) is 0 Å². The molecular weight excluding hydrogens is 722 g/mol. The van der Waals surface area contributed by atoms with E-state index in [0.29, 0.717) is 57.6 Å². The summed E-state index contributed by atoms with van der Waals surface area (Å²) in [4.78, 5) is 55.7. The molecule has 4 aromatic heterocycles. The van der Waals surface area contributed by atoms with Crippen LogP contribution in [-0.2, 0) is 9.59 Å². The molecule has 0 saturated heterocycles. The Morgan fingerprint density at radius 2 is 1.07 bits per heavy atom. The van der Waals surface area contributed by atoms with Crippen LogP contribution in [-0.4, -0.2) is 66.5 Å². The van der Waals surface area contributed by atoms with Gasteiger partial charge in [-0.15, -0.1) is 0 Å². The van der Waals surface area contributed by atoms with Gasteiger partial charge in [-0.3, -0.25) is 14.4 Å². The van der Waals surface area contributed by atoms with Gasteiger partial charge in [0, 0.05) is 70.2 Å². The molecule has 7 rings (SSSR count). The lowest BCUT2D eigenvalue weighted by Gasteiger charge is -2.35. The maximum absolute atomic E-state index is 12.4. The molecule has 6 heterocycles. The van der Waals surface area contributed by atoms with E-state index in [4.69, 9.17) is 26.1 Å². The standard InChI is InChI=1S/C26H27N3O4.C16H15ClN2O3/c1-6-29(5)24(30)17-10-8-16(9-11-17)20-14-13-19-21(26(3,4)25(31)32)18-12-7-15(2)27-22(18)33-23(19)28-20;1-8-4-5-9-12(16(2,3)15(20)21)10-6-7-11(17)19-14(10)22-13(9)18-8/h7-14,21H,6H2,1-5H3,(H,31,32);4-7,12H,1-3H3,(H,20,21). The maximum Gasteiger partial charge on any atom is 0.310 e. The quantitative estimate of drug-likeness (QED) is 0.152. The summed E-state index contributed by atoms with van der Waals surface area (Å²) in [5, 5.41) is 19.9. The number of ether oxygens (including phenoxy) is 2. The van der Waals surface area contributed by atoms with Gasteiger partial charge in [-0.2, -0.15) is 0 Å². The maximum atomic E-state index is 12.4. The minimum absolute atomic E-state index is 0.0393. The monoisotopic (exact) mass is 763 g/mol. The summed E-state index contributed by atoms with van der Waals surface area (Å²) in [6, 6.07) is 21.9. The second-order valence-electron chi connectivity index (χ2n) is 14.8. The predicted octanol–water partition coefficient (Wildman–Crippen LogP) is 8.68. The number of halogens is 1. The van der Waals surface area contributed by atoms with Crippen LogP contribution in [0.25, 0.3) is 11.3 Å². The van der Waals surface area contributed by atoms with Gasteiger partial charge in [0.2, 0.25) is 23.5 Å². The van der Waals surface area contributed by atoms with E-state index >= 15 is 0 Å². The summed E-state index contributed by atoms with van der Waals surface area (Å²) >= 11 is 5.93. The molecule has 13 heteroatoms. The third-order valence-electron chi connectivity index (χ3n) is 10.2. The molecule has 2 aliphatic rings. The first kappa shape index (κ1) is 38.8.